The normalized spacial score (nSPS) is 16.8. The van der Waals surface area contributed by atoms with E-state index in [1.54, 1.807) is 6.92 Å². The fourth-order valence-electron chi connectivity index (χ4n) is 3.39. The van der Waals surface area contributed by atoms with Crippen LogP contribution < -0.4 is 0 Å². The maximum Gasteiger partial charge on any atom is 0.159 e. The molecule has 2 heteroatoms. The first-order valence-electron chi connectivity index (χ1n) is 7.48. The molecule has 0 radical (unpaired) electrons. The minimum Gasteiger partial charge on any atom is -0.392 e. The van der Waals surface area contributed by atoms with E-state index >= 15 is 0 Å². The Hall–Kier alpha value is -1.93. The molecule has 2 aromatic carbocycles. The van der Waals surface area contributed by atoms with E-state index in [1.165, 1.54) is 16.7 Å². The molecule has 0 bridgehead atoms. The average molecular weight is 280 g/mol. The molecule has 0 aliphatic heterocycles. The number of benzene rings is 2. The van der Waals surface area contributed by atoms with Crippen molar-refractivity contribution < 1.29 is 9.90 Å². The number of Topliss-reactive ketones (excluding diaryl/α,β-unsaturated/α-hetero) is 1. The highest BCUT2D eigenvalue weighted by atomic mass is 16.3. The van der Waals surface area contributed by atoms with Gasteiger partial charge in [-0.25, -0.2) is 0 Å². The highest BCUT2D eigenvalue weighted by Crippen LogP contribution is 2.40. The molecule has 0 fully saturated rings. The third-order valence-electron chi connectivity index (χ3n) is 4.54. The lowest BCUT2D eigenvalue weighted by Gasteiger charge is -2.14. The third kappa shape index (κ3) is 2.40. The lowest BCUT2D eigenvalue weighted by Crippen LogP contribution is -1.98. The standard InChI is InChI=1S/C19H20O2/c1-12-3-9-18-17(10-8-16(11-20)19(12)18)15-6-4-14(5-7-15)13(2)21/h4-8,10,12,20H,3,9,11H2,1-2H3. The van der Waals surface area contributed by atoms with E-state index in [2.05, 4.69) is 13.0 Å². The Morgan fingerprint density at radius 2 is 1.90 bits per heavy atom. The Morgan fingerprint density at radius 3 is 2.52 bits per heavy atom. The van der Waals surface area contributed by atoms with E-state index < -0.39 is 0 Å². The zero-order valence-electron chi connectivity index (χ0n) is 12.5. The first-order valence-corrected chi connectivity index (χ1v) is 7.48. The summed E-state index contributed by atoms with van der Waals surface area (Å²) in [7, 11) is 0. The van der Waals surface area contributed by atoms with Crippen LogP contribution in [0.25, 0.3) is 11.1 Å². The van der Waals surface area contributed by atoms with Gasteiger partial charge in [0.15, 0.2) is 5.78 Å². The van der Waals surface area contributed by atoms with E-state index in [-0.39, 0.29) is 12.4 Å². The van der Waals surface area contributed by atoms with Crippen molar-refractivity contribution in [3.05, 3.63) is 58.7 Å². The summed E-state index contributed by atoms with van der Waals surface area (Å²) in [6.07, 6.45) is 2.21. The van der Waals surface area contributed by atoms with Crippen LogP contribution in [0.3, 0.4) is 0 Å². The number of carbonyl (C=O) groups is 1. The van der Waals surface area contributed by atoms with E-state index in [0.29, 0.717) is 5.92 Å². The molecule has 0 heterocycles. The fourth-order valence-corrected chi connectivity index (χ4v) is 3.39. The molecule has 3 rings (SSSR count). The van der Waals surface area contributed by atoms with Gasteiger partial charge in [0.05, 0.1) is 6.61 Å². The zero-order chi connectivity index (χ0) is 15.0. The number of ketones is 1. The second kappa shape index (κ2) is 5.45. The fraction of sp³-hybridized carbons (Fsp3) is 0.316. The lowest BCUT2D eigenvalue weighted by atomic mass is 9.91. The van der Waals surface area contributed by atoms with Crippen LogP contribution in [-0.4, -0.2) is 10.9 Å². The largest absolute Gasteiger partial charge is 0.392 e. The molecule has 0 saturated carbocycles. The number of rotatable bonds is 3. The number of fused-ring (bicyclic) bond motifs is 1. The van der Waals surface area contributed by atoms with Crippen LogP contribution in [-0.2, 0) is 13.0 Å². The van der Waals surface area contributed by atoms with Gasteiger partial charge in [-0.15, -0.1) is 0 Å². The van der Waals surface area contributed by atoms with Crippen LogP contribution in [0.1, 0.15) is 53.2 Å². The number of hydrogen-bond donors (Lipinski definition) is 1. The average Bonchev–Trinajstić information content (AvgIpc) is 2.89. The molecule has 0 spiro atoms. The van der Waals surface area contributed by atoms with Crippen molar-refractivity contribution in [2.75, 3.05) is 0 Å². The van der Waals surface area contributed by atoms with E-state index in [9.17, 15) is 9.90 Å². The van der Waals surface area contributed by atoms with Gasteiger partial charge in [0.25, 0.3) is 0 Å². The summed E-state index contributed by atoms with van der Waals surface area (Å²) < 4.78 is 0. The molecule has 0 saturated heterocycles. The molecular formula is C19H20O2. The van der Waals surface area contributed by atoms with Crippen LogP contribution >= 0.6 is 0 Å². The molecule has 21 heavy (non-hydrogen) atoms. The minimum atomic E-state index is 0.0935. The second-order valence-electron chi connectivity index (χ2n) is 5.90. The Bertz CT molecular complexity index is 683. The van der Waals surface area contributed by atoms with Crippen molar-refractivity contribution in [2.24, 2.45) is 0 Å². The summed E-state index contributed by atoms with van der Waals surface area (Å²) in [6.45, 7) is 3.92. The highest BCUT2D eigenvalue weighted by Gasteiger charge is 2.24. The predicted octanol–water partition coefficient (Wildman–Crippen LogP) is 4.10. The number of hydrogen-bond acceptors (Lipinski definition) is 2. The highest BCUT2D eigenvalue weighted by molar-refractivity contribution is 5.94. The van der Waals surface area contributed by atoms with Gasteiger partial charge in [0, 0.05) is 5.56 Å². The van der Waals surface area contributed by atoms with Crippen LogP contribution in [0.15, 0.2) is 36.4 Å². The van der Waals surface area contributed by atoms with Crippen molar-refractivity contribution in [1.29, 1.82) is 0 Å². The van der Waals surface area contributed by atoms with Crippen molar-refractivity contribution in [2.45, 2.75) is 39.2 Å². The molecule has 1 N–H and O–H groups in total. The summed E-state index contributed by atoms with van der Waals surface area (Å²) in [5.41, 5.74) is 6.88. The number of carbonyl (C=O) groups excluding carboxylic acids is 1. The Labute approximate surface area is 125 Å². The summed E-state index contributed by atoms with van der Waals surface area (Å²) in [6, 6.07) is 12.0. The molecule has 0 amide bonds. The van der Waals surface area contributed by atoms with Crippen LogP contribution in [0, 0.1) is 0 Å². The molecule has 108 valence electrons. The Balaban J connectivity index is 2.09. The zero-order valence-corrected chi connectivity index (χ0v) is 12.5. The lowest BCUT2D eigenvalue weighted by molar-refractivity contribution is 0.101. The molecule has 2 aromatic rings. The maximum atomic E-state index is 11.4. The summed E-state index contributed by atoms with van der Waals surface area (Å²) in [5.74, 6) is 0.606. The van der Waals surface area contributed by atoms with Crippen molar-refractivity contribution in [1.82, 2.24) is 0 Å². The van der Waals surface area contributed by atoms with Crippen LogP contribution in [0.5, 0.6) is 0 Å². The monoisotopic (exact) mass is 280 g/mol. The first-order chi connectivity index (χ1) is 10.1. The predicted molar refractivity (Wildman–Crippen MR) is 84.5 cm³/mol. The smallest absolute Gasteiger partial charge is 0.159 e. The van der Waals surface area contributed by atoms with Gasteiger partial charge in [0.1, 0.15) is 0 Å². The van der Waals surface area contributed by atoms with Gasteiger partial charge in [-0.3, -0.25) is 4.79 Å². The van der Waals surface area contributed by atoms with Crippen molar-refractivity contribution >= 4 is 5.78 Å². The molecule has 1 atom stereocenters. The quantitative estimate of drug-likeness (QED) is 0.859. The topological polar surface area (TPSA) is 37.3 Å². The van der Waals surface area contributed by atoms with E-state index in [0.717, 1.165) is 29.5 Å². The van der Waals surface area contributed by atoms with Gasteiger partial charge >= 0.3 is 0 Å². The summed E-state index contributed by atoms with van der Waals surface area (Å²) >= 11 is 0. The van der Waals surface area contributed by atoms with Gasteiger partial charge in [-0.1, -0.05) is 43.3 Å². The summed E-state index contributed by atoms with van der Waals surface area (Å²) in [5, 5.41) is 9.54. The van der Waals surface area contributed by atoms with Crippen molar-refractivity contribution in [3.8, 4) is 11.1 Å². The van der Waals surface area contributed by atoms with Crippen molar-refractivity contribution in [3.63, 3.8) is 0 Å². The van der Waals surface area contributed by atoms with Gasteiger partial charge in [-0.05, 0) is 53.5 Å². The second-order valence-corrected chi connectivity index (χ2v) is 5.90. The molecule has 1 aliphatic carbocycles. The third-order valence-corrected chi connectivity index (χ3v) is 4.54. The SMILES string of the molecule is CC(=O)c1ccc(-c2ccc(CO)c3c2CCC3C)cc1. The first kappa shape index (κ1) is 14.0. The maximum absolute atomic E-state index is 11.4. The minimum absolute atomic E-state index is 0.0935. The number of aliphatic hydroxyl groups is 1. The molecule has 1 unspecified atom stereocenters. The van der Waals surface area contributed by atoms with Gasteiger partial charge in [-0.2, -0.15) is 0 Å². The molecular weight excluding hydrogens is 260 g/mol. The van der Waals surface area contributed by atoms with Gasteiger partial charge < -0.3 is 5.11 Å². The van der Waals surface area contributed by atoms with Crippen LogP contribution in [0.2, 0.25) is 0 Å². The Morgan fingerprint density at radius 1 is 1.19 bits per heavy atom. The van der Waals surface area contributed by atoms with E-state index in [4.69, 9.17) is 0 Å². The Kier molecular flexibility index (Phi) is 3.64. The van der Waals surface area contributed by atoms with Crippen LogP contribution in [0.4, 0.5) is 0 Å². The molecule has 1 aliphatic rings. The number of aliphatic hydroxyl groups excluding tert-OH is 1. The van der Waals surface area contributed by atoms with Gasteiger partial charge in [0.2, 0.25) is 0 Å². The summed E-state index contributed by atoms with van der Waals surface area (Å²) in [4.78, 5) is 11.4. The molecule has 2 nitrogen and oxygen atoms in total. The van der Waals surface area contributed by atoms with E-state index in [1.807, 2.05) is 30.3 Å². The molecule has 0 aromatic heterocycles.